The van der Waals surface area contributed by atoms with Crippen molar-refractivity contribution in [1.29, 1.82) is 0 Å². The predicted octanol–water partition coefficient (Wildman–Crippen LogP) is 2.03. The van der Waals surface area contributed by atoms with Crippen LogP contribution in [0.1, 0.15) is 30.4 Å². The van der Waals surface area contributed by atoms with Crippen LogP contribution in [0.4, 0.5) is 0 Å². The molecule has 2 aliphatic rings. The highest BCUT2D eigenvalue weighted by Crippen LogP contribution is 2.20. The molecule has 21 heavy (non-hydrogen) atoms. The molecule has 0 unspecified atom stereocenters. The van der Waals surface area contributed by atoms with Crippen molar-refractivity contribution in [2.24, 2.45) is 0 Å². The third-order valence-electron chi connectivity index (χ3n) is 3.93. The third kappa shape index (κ3) is 4.15. The summed E-state index contributed by atoms with van der Waals surface area (Å²) in [7, 11) is -3.21. The Bertz CT molecular complexity index is 621. The summed E-state index contributed by atoms with van der Waals surface area (Å²) in [6, 6.07) is 8.57. The van der Waals surface area contributed by atoms with E-state index in [1.807, 2.05) is 30.4 Å². The van der Waals surface area contributed by atoms with Gasteiger partial charge in [0.05, 0.1) is 5.75 Å². The lowest BCUT2D eigenvalue weighted by Crippen LogP contribution is -2.34. The smallest absolute Gasteiger partial charge is 0.218 e. The summed E-state index contributed by atoms with van der Waals surface area (Å²) < 4.78 is 26.4. The number of nitrogens with zero attached hydrogens (tertiary/aromatic N) is 1. The van der Waals surface area contributed by atoms with Crippen molar-refractivity contribution in [3.05, 3.63) is 47.5 Å². The molecule has 0 aromatic heterocycles. The number of hydrogen-bond acceptors (Lipinski definition) is 3. The highest BCUT2D eigenvalue weighted by Gasteiger charge is 2.23. The summed E-state index contributed by atoms with van der Waals surface area (Å²) in [6.45, 7) is 1.93. The van der Waals surface area contributed by atoms with E-state index in [4.69, 9.17) is 0 Å². The zero-order valence-electron chi connectivity index (χ0n) is 12.2. The second-order valence-corrected chi connectivity index (χ2v) is 7.82. The van der Waals surface area contributed by atoms with E-state index in [0.717, 1.165) is 24.1 Å². The molecule has 0 radical (unpaired) electrons. The fourth-order valence-corrected chi connectivity index (χ4v) is 4.03. The zero-order chi connectivity index (χ0) is 14.7. The maximum atomic E-state index is 12.4. The monoisotopic (exact) mass is 306 g/mol. The van der Waals surface area contributed by atoms with E-state index in [1.165, 1.54) is 12.8 Å². The van der Waals surface area contributed by atoms with Crippen molar-refractivity contribution in [1.82, 2.24) is 9.62 Å². The van der Waals surface area contributed by atoms with E-state index >= 15 is 0 Å². The summed E-state index contributed by atoms with van der Waals surface area (Å²) in [5.41, 5.74) is 2.03. The second kappa shape index (κ2) is 6.30. The molecule has 0 saturated heterocycles. The van der Waals surface area contributed by atoms with Crippen LogP contribution in [0.2, 0.25) is 0 Å². The quantitative estimate of drug-likeness (QED) is 0.818. The first-order valence-corrected chi connectivity index (χ1v) is 9.18. The van der Waals surface area contributed by atoms with Crippen LogP contribution in [0, 0.1) is 0 Å². The molecule has 1 aliphatic heterocycles. The van der Waals surface area contributed by atoms with Gasteiger partial charge in [0, 0.05) is 25.7 Å². The maximum absolute atomic E-state index is 12.4. The Kier molecular flexibility index (Phi) is 4.42. The first kappa shape index (κ1) is 14.8. The van der Waals surface area contributed by atoms with Crippen LogP contribution in [0.15, 0.2) is 36.4 Å². The van der Waals surface area contributed by atoms with Crippen molar-refractivity contribution in [2.75, 3.05) is 13.1 Å². The maximum Gasteiger partial charge on any atom is 0.218 e. The lowest BCUT2D eigenvalue weighted by Gasteiger charge is -2.22. The minimum Gasteiger partial charge on any atom is -0.310 e. The van der Waals surface area contributed by atoms with Crippen LogP contribution >= 0.6 is 0 Å². The molecular formula is C16H22N2O2S. The van der Waals surface area contributed by atoms with E-state index < -0.39 is 10.0 Å². The fraction of sp³-hybridized carbons (Fsp3) is 0.500. The number of hydrogen-bond donors (Lipinski definition) is 1. The molecule has 3 rings (SSSR count). The van der Waals surface area contributed by atoms with Gasteiger partial charge in [0.15, 0.2) is 0 Å². The lowest BCUT2D eigenvalue weighted by atomic mass is 10.1. The molecule has 4 nitrogen and oxygen atoms in total. The molecule has 1 heterocycles. The van der Waals surface area contributed by atoms with E-state index in [1.54, 1.807) is 4.31 Å². The summed E-state index contributed by atoms with van der Waals surface area (Å²) in [5, 5.41) is 3.46. The Morgan fingerprint density at radius 1 is 1.19 bits per heavy atom. The van der Waals surface area contributed by atoms with Gasteiger partial charge >= 0.3 is 0 Å². The molecule has 0 bridgehead atoms. The topological polar surface area (TPSA) is 49.4 Å². The normalized spacial score (nSPS) is 19.8. The van der Waals surface area contributed by atoms with E-state index in [0.29, 0.717) is 19.1 Å². The first-order valence-electron chi connectivity index (χ1n) is 7.57. The summed E-state index contributed by atoms with van der Waals surface area (Å²) in [4.78, 5) is 0. The number of benzene rings is 1. The van der Waals surface area contributed by atoms with Crippen LogP contribution < -0.4 is 5.32 Å². The van der Waals surface area contributed by atoms with E-state index in [2.05, 4.69) is 11.4 Å². The molecule has 0 spiro atoms. The lowest BCUT2D eigenvalue weighted by molar-refractivity contribution is 0.437. The molecule has 1 fully saturated rings. The van der Waals surface area contributed by atoms with Gasteiger partial charge < -0.3 is 5.32 Å². The Morgan fingerprint density at radius 2 is 2.00 bits per heavy atom. The summed E-state index contributed by atoms with van der Waals surface area (Å²) in [6.07, 6.45) is 7.30. The van der Waals surface area contributed by atoms with Crippen LogP contribution in [0.3, 0.4) is 0 Å². The van der Waals surface area contributed by atoms with Crippen molar-refractivity contribution in [3.8, 4) is 0 Å². The average Bonchev–Trinajstić information content (AvgIpc) is 3.30. The zero-order valence-corrected chi connectivity index (χ0v) is 13.0. The highest BCUT2D eigenvalue weighted by atomic mass is 32.2. The molecule has 0 atom stereocenters. The molecule has 1 aliphatic carbocycles. The van der Waals surface area contributed by atoms with Crippen molar-refractivity contribution in [2.45, 2.75) is 37.6 Å². The fourth-order valence-electron chi connectivity index (χ4n) is 2.55. The molecule has 1 aromatic rings. The van der Waals surface area contributed by atoms with Gasteiger partial charge in [-0.3, -0.25) is 0 Å². The molecule has 114 valence electrons. The number of rotatable bonds is 6. The SMILES string of the molecule is O=S(=O)(Cc1cccc(CNC2CC2)c1)N1CC=CCC1. The minimum atomic E-state index is -3.21. The van der Waals surface area contributed by atoms with Crippen molar-refractivity contribution in [3.63, 3.8) is 0 Å². The minimum absolute atomic E-state index is 0.0953. The standard InChI is InChI=1S/C16H22N2O2S/c19-21(20,18-9-2-1-3-10-18)13-15-6-4-5-14(11-15)12-17-16-7-8-16/h1-2,4-6,11,16-17H,3,7-10,12-13H2. The third-order valence-corrected chi connectivity index (χ3v) is 5.74. The summed E-state index contributed by atoms with van der Waals surface area (Å²) >= 11 is 0. The van der Waals surface area contributed by atoms with Gasteiger partial charge in [0.2, 0.25) is 10.0 Å². The van der Waals surface area contributed by atoms with Crippen molar-refractivity contribution < 1.29 is 8.42 Å². The Labute approximate surface area is 126 Å². The number of nitrogens with one attached hydrogen (secondary N) is 1. The predicted molar refractivity (Wildman–Crippen MR) is 84.3 cm³/mol. The van der Waals surface area contributed by atoms with Gasteiger partial charge in [-0.05, 0) is 30.4 Å². The van der Waals surface area contributed by atoms with E-state index in [9.17, 15) is 8.42 Å². The van der Waals surface area contributed by atoms with Gasteiger partial charge in [0.25, 0.3) is 0 Å². The Morgan fingerprint density at radius 3 is 2.71 bits per heavy atom. The molecule has 0 amide bonds. The van der Waals surface area contributed by atoms with Gasteiger partial charge in [-0.25, -0.2) is 8.42 Å². The Hall–Kier alpha value is -1.17. The average molecular weight is 306 g/mol. The summed E-state index contributed by atoms with van der Waals surface area (Å²) in [5.74, 6) is 0.0953. The van der Waals surface area contributed by atoms with E-state index in [-0.39, 0.29) is 5.75 Å². The van der Waals surface area contributed by atoms with Gasteiger partial charge in [-0.2, -0.15) is 4.31 Å². The molecule has 1 aromatic carbocycles. The molecule has 1 saturated carbocycles. The van der Waals surface area contributed by atoms with Crippen LogP contribution in [-0.2, 0) is 22.3 Å². The van der Waals surface area contributed by atoms with Crippen LogP contribution in [-0.4, -0.2) is 31.9 Å². The number of sulfonamides is 1. The van der Waals surface area contributed by atoms with Crippen molar-refractivity contribution >= 4 is 10.0 Å². The van der Waals surface area contributed by atoms with Gasteiger partial charge in [-0.15, -0.1) is 0 Å². The van der Waals surface area contributed by atoms with Gasteiger partial charge in [0.1, 0.15) is 0 Å². The molecule has 1 N–H and O–H groups in total. The highest BCUT2D eigenvalue weighted by molar-refractivity contribution is 7.88. The van der Waals surface area contributed by atoms with Crippen LogP contribution in [0.25, 0.3) is 0 Å². The largest absolute Gasteiger partial charge is 0.310 e. The van der Waals surface area contributed by atoms with Crippen LogP contribution in [0.5, 0.6) is 0 Å². The van der Waals surface area contributed by atoms with Gasteiger partial charge in [-0.1, -0.05) is 36.4 Å². The first-order chi connectivity index (χ1) is 10.1. The second-order valence-electron chi connectivity index (χ2n) is 5.85. The molecular weight excluding hydrogens is 284 g/mol. The molecule has 5 heteroatoms. The Balaban J connectivity index is 1.65.